The molecule has 56 heavy (non-hydrogen) atoms. The van der Waals surface area contributed by atoms with Crippen LogP contribution in [-0.4, -0.2) is 124 Å². The van der Waals surface area contributed by atoms with E-state index in [1.807, 2.05) is 16.8 Å². The lowest BCUT2D eigenvalue weighted by atomic mass is 9.69. The molecule has 1 saturated carbocycles. The molecular formula is C45H65F2N5O4. The fraction of sp³-hybridized carbons (Fsp3) is 0.667. The smallest absolute Gasteiger partial charge is 0.257 e. The quantitative estimate of drug-likeness (QED) is 0.295. The summed E-state index contributed by atoms with van der Waals surface area (Å²) in [7, 11) is 2.03. The number of likely N-dealkylation sites (N-methyl/N-ethyl adjacent to an activating group) is 1. The summed E-state index contributed by atoms with van der Waals surface area (Å²) in [4.78, 5) is 54.2. The van der Waals surface area contributed by atoms with E-state index in [1.54, 1.807) is 23.1 Å². The molecule has 2 aromatic carbocycles. The number of hydrogen-bond acceptors (Lipinski definition) is 6. The van der Waals surface area contributed by atoms with Crippen molar-refractivity contribution in [3.05, 3.63) is 65.2 Å². The van der Waals surface area contributed by atoms with E-state index in [0.29, 0.717) is 49.6 Å². The Morgan fingerprint density at radius 3 is 2.18 bits per heavy atom. The summed E-state index contributed by atoms with van der Waals surface area (Å²) in [6.45, 7) is 19.0. The van der Waals surface area contributed by atoms with Gasteiger partial charge in [-0.05, 0) is 107 Å². The molecule has 3 heterocycles. The van der Waals surface area contributed by atoms with Crippen molar-refractivity contribution in [2.75, 3.05) is 59.4 Å². The standard InChI is InChI=1S/C45H65F2N5O4/c1-43(2,3)50-27-35(33-14-13-31(46)23-37(33)47)36(28-50)41(55)51-26-32(24-38(51)42(56)49-21-19-48(8)20-22-49)52(40(54)34-11-9-10-12-39(34)53)29-45(6,7)25-30-15-17-44(4,5)18-16-30/h9-14,23,30,32,35-36,38,53H,15-22,24-29H2,1-8H3/t32-,35-,36+,38-/m0/s1. The maximum Gasteiger partial charge on any atom is 0.257 e. The molecule has 308 valence electrons. The highest BCUT2D eigenvalue weighted by Gasteiger charge is 2.51. The minimum absolute atomic E-state index is 0.108. The number of likely N-dealkylation sites (tertiary alicyclic amines) is 2. The molecule has 11 heteroatoms. The summed E-state index contributed by atoms with van der Waals surface area (Å²) >= 11 is 0. The summed E-state index contributed by atoms with van der Waals surface area (Å²) in [5.74, 6) is -2.89. The maximum absolute atomic E-state index is 15.5. The highest BCUT2D eigenvalue weighted by molar-refractivity contribution is 5.97. The second-order valence-electron chi connectivity index (χ2n) is 19.9. The fourth-order valence-corrected chi connectivity index (χ4v) is 9.83. The van der Waals surface area contributed by atoms with Crippen LogP contribution in [0.4, 0.5) is 8.78 Å². The summed E-state index contributed by atoms with van der Waals surface area (Å²) < 4.78 is 29.7. The number of amides is 3. The van der Waals surface area contributed by atoms with Crippen LogP contribution in [0.25, 0.3) is 0 Å². The molecule has 0 radical (unpaired) electrons. The van der Waals surface area contributed by atoms with Crippen molar-refractivity contribution in [1.82, 2.24) is 24.5 Å². The van der Waals surface area contributed by atoms with E-state index >= 15 is 9.18 Å². The molecule has 1 N–H and O–H groups in total. The van der Waals surface area contributed by atoms with Gasteiger partial charge in [0.15, 0.2) is 0 Å². The third kappa shape index (κ3) is 9.41. The van der Waals surface area contributed by atoms with Crippen LogP contribution in [-0.2, 0) is 9.59 Å². The number of nitrogens with zero attached hydrogens (tertiary/aromatic N) is 5. The summed E-state index contributed by atoms with van der Waals surface area (Å²) in [6, 6.07) is 8.82. The van der Waals surface area contributed by atoms with E-state index in [9.17, 15) is 19.1 Å². The average molecular weight is 778 g/mol. The predicted octanol–water partition coefficient (Wildman–Crippen LogP) is 7.00. The summed E-state index contributed by atoms with van der Waals surface area (Å²) in [5.41, 5.74) is 0.206. The third-order valence-electron chi connectivity index (χ3n) is 13.3. The normalized spacial score (nSPS) is 25.5. The number of halogens is 2. The van der Waals surface area contributed by atoms with Gasteiger partial charge in [0.2, 0.25) is 11.8 Å². The van der Waals surface area contributed by atoms with Crippen molar-refractivity contribution in [1.29, 1.82) is 0 Å². The molecule has 0 spiro atoms. The van der Waals surface area contributed by atoms with E-state index in [2.05, 4.69) is 58.3 Å². The monoisotopic (exact) mass is 778 g/mol. The van der Waals surface area contributed by atoms with Gasteiger partial charge in [0, 0.05) is 69.9 Å². The van der Waals surface area contributed by atoms with Gasteiger partial charge in [-0.25, -0.2) is 8.78 Å². The molecule has 9 nitrogen and oxygen atoms in total. The van der Waals surface area contributed by atoms with Gasteiger partial charge in [-0.3, -0.25) is 19.3 Å². The van der Waals surface area contributed by atoms with E-state index in [-0.39, 0.29) is 53.0 Å². The number of phenols is 1. The number of carbonyl (C=O) groups is 3. The Bertz CT molecular complexity index is 1740. The highest BCUT2D eigenvalue weighted by atomic mass is 19.1. The van der Waals surface area contributed by atoms with Crippen LogP contribution in [0.2, 0.25) is 0 Å². The number of piperazine rings is 1. The molecule has 3 amide bonds. The Kier molecular flexibility index (Phi) is 12.3. The number of hydrogen-bond donors (Lipinski definition) is 1. The number of aromatic hydroxyl groups is 1. The largest absolute Gasteiger partial charge is 0.507 e. The molecule has 0 unspecified atom stereocenters. The van der Waals surface area contributed by atoms with Crippen molar-refractivity contribution in [2.24, 2.45) is 22.7 Å². The molecule has 3 aliphatic heterocycles. The van der Waals surface area contributed by atoms with Gasteiger partial charge in [0.25, 0.3) is 5.91 Å². The molecule has 6 rings (SSSR count). The fourth-order valence-electron chi connectivity index (χ4n) is 9.83. The van der Waals surface area contributed by atoms with Crippen molar-refractivity contribution in [2.45, 2.75) is 111 Å². The summed E-state index contributed by atoms with van der Waals surface area (Å²) in [6.07, 6.45) is 5.80. The zero-order valence-electron chi connectivity index (χ0n) is 35.0. The van der Waals surface area contributed by atoms with Gasteiger partial charge >= 0.3 is 0 Å². The molecular weight excluding hydrogens is 713 g/mol. The van der Waals surface area contributed by atoms with Crippen LogP contribution in [0.5, 0.6) is 5.75 Å². The number of para-hydroxylation sites is 1. The highest BCUT2D eigenvalue weighted by Crippen LogP contribution is 2.44. The van der Waals surface area contributed by atoms with Gasteiger partial charge < -0.3 is 24.7 Å². The number of benzene rings is 2. The van der Waals surface area contributed by atoms with E-state index < -0.39 is 35.6 Å². The maximum atomic E-state index is 15.5. The molecule has 0 aromatic heterocycles. The SMILES string of the molecule is CN1CCN(C(=O)[C@@H]2C[C@H](N(CC(C)(C)CC3CCC(C)(C)CC3)C(=O)c3ccccc3O)CN2C(=O)[C@@H]2CN(C(C)(C)C)C[C@H]2c2ccc(F)cc2F)CC1. The molecule has 4 atom stereocenters. The zero-order chi connectivity index (χ0) is 40.7. The van der Waals surface area contributed by atoms with Gasteiger partial charge in [-0.15, -0.1) is 0 Å². The minimum atomic E-state index is -0.818. The van der Waals surface area contributed by atoms with Gasteiger partial charge in [0.05, 0.1) is 17.5 Å². The molecule has 3 saturated heterocycles. The summed E-state index contributed by atoms with van der Waals surface area (Å²) in [5, 5.41) is 10.9. The topological polar surface area (TPSA) is 87.6 Å². The molecule has 1 aliphatic carbocycles. The predicted molar refractivity (Wildman–Crippen MR) is 215 cm³/mol. The Balaban J connectivity index is 1.35. The average Bonchev–Trinajstić information content (AvgIpc) is 3.78. The number of rotatable bonds is 9. The molecule has 2 aromatic rings. The van der Waals surface area contributed by atoms with Crippen molar-refractivity contribution >= 4 is 17.7 Å². The van der Waals surface area contributed by atoms with Crippen molar-refractivity contribution in [3.8, 4) is 5.75 Å². The van der Waals surface area contributed by atoms with Gasteiger partial charge in [0.1, 0.15) is 23.4 Å². The lowest BCUT2D eigenvalue weighted by molar-refractivity contribution is -0.147. The van der Waals surface area contributed by atoms with Crippen molar-refractivity contribution < 1.29 is 28.3 Å². The van der Waals surface area contributed by atoms with Gasteiger partial charge in [-0.1, -0.05) is 45.9 Å². The lowest BCUT2D eigenvalue weighted by Gasteiger charge is -2.41. The second kappa shape index (κ2) is 16.4. The van der Waals surface area contributed by atoms with Crippen LogP contribution in [0.1, 0.15) is 109 Å². The first-order valence-corrected chi connectivity index (χ1v) is 20.8. The van der Waals surface area contributed by atoms with Crippen LogP contribution >= 0.6 is 0 Å². The Morgan fingerprint density at radius 1 is 0.893 bits per heavy atom. The van der Waals surface area contributed by atoms with E-state index in [0.717, 1.165) is 38.4 Å². The first kappa shape index (κ1) is 42.0. The second-order valence-corrected chi connectivity index (χ2v) is 19.9. The van der Waals surface area contributed by atoms with Gasteiger partial charge in [-0.2, -0.15) is 0 Å². The molecule has 4 fully saturated rings. The first-order chi connectivity index (χ1) is 26.2. The van der Waals surface area contributed by atoms with Crippen LogP contribution in [0.15, 0.2) is 42.5 Å². The molecule has 0 bridgehead atoms. The Morgan fingerprint density at radius 2 is 1.55 bits per heavy atom. The third-order valence-corrected chi connectivity index (χ3v) is 13.3. The van der Waals surface area contributed by atoms with E-state index in [1.165, 1.54) is 31.0 Å². The lowest BCUT2D eigenvalue weighted by Crippen LogP contribution is -2.54. The Hall–Kier alpha value is -3.57. The van der Waals surface area contributed by atoms with Crippen LogP contribution in [0, 0.1) is 34.3 Å². The van der Waals surface area contributed by atoms with E-state index in [4.69, 9.17) is 0 Å². The minimum Gasteiger partial charge on any atom is -0.507 e. The van der Waals surface area contributed by atoms with Crippen LogP contribution < -0.4 is 0 Å². The zero-order valence-corrected chi connectivity index (χ0v) is 35.0. The number of carbonyl (C=O) groups excluding carboxylic acids is 3. The molecule has 4 aliphatic rings. The van der Waals surface area contributed by atoms with Crippen LogP contribution in [0.3, 0.4) is 0 Å². The Labute approximate surface area is 333 Å². The number of phenolic OH excluding ortho intramolecular Hbond substituents is 1. The van der Waals surface area contributed by atoms with Crippen molar-refractivity contribution in [3.63, 3.8) is 0 Å². The first-order valence-electron chi connectivity index (χ1n) is 20.8.